The Morgan fingerprint density at radius 1 is 1.25 bits per heavy atom. The molecule has 2 aliphatic rings. The van der Waals surface area contributed by atoms with Crippen molar-refractivity contribution in [3.63, 3.8) is 0 Å². The lowest BCUT2D eigenvalue weighted by atomic mass is 9.86. The maximum absolute atomic E-state index is 14.6. The molecule has 0 saturated heterocycles. The van der Waals surface area contributed by atoms with Crippen LogP contribution in [0.5, 0.6) is 0 Å². The summed E-state index contributed by atoms with van der Waals surface area (Å²) in [5.74, 6) is -1.11. The van der Waals surface area contributed by atoms with E-state index in [1.807, 2.05) is 6.92 Å². The van der Waals surface area contributed by atoms with Gasteiger partial charge in [-0.25, -0.2) is 14.2 Å². The number of pyridine rings is 2. The van der Waals surface area contributed by atoms with E-state index in [1.165, 1.54) is 6.07 Å². The van der Waals surface area contributed by atoms with Crippen LogP contribution in [0.25, 0.3) is 22.3 Å². The number of esters is 1. The highest BCUT2D eigenvalue weighted by atomic mass is 19.1. The van der Waals surface area contributed by atoms with Crippen molar-refractivity contribution >= 4 is 16.9 Å². The van der Waals surface area contributed by atoms with Gasteiger partial charge in [0.25, 0.3) is 5.56 Å². The smallest absolute Gasteiger partial charge is 0.343 e. The number of benzene rings is 1. The monoisotopic (exact) mass is 437 g/mol. The molecule has 0 bridgehead atoms. The Bertz CT molecular complexity index is 1390. The summed E-state index contributed by atoms with van der Waals surface area (Å²) in [6.07, 6.45) is 0.690. The first-order valence-electron chi connectivity index (χ1n) is 10.8. The van der Waals surface area contributed by atoms with Gasteiger partial charge >= 0.3 is 5.97 Å². The minimum Gasteiger partial charge on any atom is -0.458 e. The van der Waals surface area contributed by atoms with Crippen molar-refractivity contribution in [2.45, 2.75) is 58.9 Å². The molecule has 0 amide bonds. The van der Waals surface area contributed by atoms with Crippen LogP contribution in [0, 0.1) is 12.7 Å². The minimum absolute atomic E-state index is 0.0676. The summed E-state index contributed by atoms with van der Waals surface area (Å²) in [5, 5.41) is 11.8. The molecule has 1 aromatic carbocycles. The Morgan fingerprint density at radius 3 is 2.66 bits per heavy atom. The van der Waals surface area contributed by atoms with E-state index in [0.717, 1.165) is 22.1 Å². The topological polar surface area (TPSA) is 107 Å². The van der Waals surface area contributed by atoms with Gasteiger partial charge in [0.05, 0.1) is 29.0 Å². The summed E-state index contributed by atoms with van der Waals surface area (Å²) in [7, 11) is 0. The molecule has 5 rings (SSSR count). The molecule has 32 heavy (non-hydrogen) atoms. The molecule has 3 N–H and O–H groups in total. The average molecular weight is 437 g/mol. The van der Waals surface area contributed by atoms with Gasteiger partial charge in [-0.3, -0.25) is 4.79 Å². The number of carbonyl (C=O) groups is 1. The molecule has 166 valence electrons. The first-order valence-corrected chi connectivity index (χ1v) is 10.8. The highest BCUT2D eigenvalue weighted by molar-refractivity contribution is 5.92. The van der Waals surface area contributed by atoms with Crippen molar-refractivity contribution in [1.82, 2.24) is 9.55 Å². The van der Waals surface area contributed by atoms with Crippen molar-refractivity contribution in [2.24, 2.45) is 5.73 Å². The molecule has 8 heteroatoms. The first kappa shape index (κ1) is 20.8. The third-order valence-electron chi connectivity index (χ3n) is 6.98. The molecule has 1 atom stereocenters. The van der Waals surface area contributed by atoms with E-state index in [2.05, 4.69) is 0 Å². The fourth-order valence-corrected chi connectivity index (χ4v) is 5.15. The number of aryl methyl sites for hydroxylation is 1. The summed E-state index contributed by atoms with van der Waals surface area (Å²) >= 11 is 0. The number of nitrogens with zero attached hydrogens (tertiary/aromatic N) is 2. The fraction of sp³-hybridized carbons (Fsp3) is 0.375. The largest absolute Gasteiger partial charge is 0.458 e. The maximum atomic E-state index is 14.6. The van der Waals surface area contributed by atoms with Gasteiger partial charge in [-0.1, -0.05) is 13.8 Å². The molecule has 7 nitrogen and oxygen atoms in total. The molecular weight excluding hydrogens is 413 g/mol. The van der Waals surface area contributed by atoms with E-state index in [9.17, 15) is 19.1 Å². The second-order valence-electron chi connectivity index (χ2n) is 8.43. The molecule has 2 aliphatic heterocycles. The maximum Gasteiger partial charge on any atom is 0.343 e. The van der Waals surface area contributed by atoms with Crippen LogP contribution in [-0.4, -0.2) is 20.6 Å². The molecule has 4 heterocycles. The second kappa shape index (κ2) is 6.95. The van der Waals surface area contributed by atoms with Crippen molar-refractivity contribution in [3.8, 4) is 11.4 Å². The Labute approximate surface area is 183 Å². The number of nitrogens with two attached hydrogens (primary N) is 1. The summed E-state index contributed by atoms with van der Waals surface area (Å²) in [4.78, 5) is 30.4. The number of halogens is 1. The molecule has 0 fully saturated rings. The van der Waals surface area contributed by atoms with E-state index in [-0.39, 0.29) is 48.6 Å². The van der Waals surface area contributed by atoms with E-state index in [0.29, 0.717) is 28.9 Å². The summed E-state index contributed by atoms with van der Waals surface area (Å²) in [6.45, 7) is 5.66. The van der Waals surface area contributed by atoms with Crippen molar-refractivity contribution in [3.05, 3.63) is 61.7 Å². The minimum atomic E-state index is -1.89. The Kier molecular flexibility index (Phi) is 4.51. The Balaban J connectivity index is 1.86. The van der Waals surface area contributed by atoms with E-state index >= 15 is 0 Å². The van der Waals surface area contributed by atoms with Gasteiger partial charge in [0.2, 0.25) is 0 Å². The molecule has 0 radical (unpaired) electrons. The number of aliphatic hydroxyl groups is 1. The molecule has 0 spiro atoms. The van der Waals surface area contributed by atoms with Gasteiger partial charge in [0.1, 0.15) is 12.4 Å². The van der Waals surface area contributed by atoms with Crippen LogP contribution in [0.2, 0.25) is 0 Å². The van der Waals surface area contributed by atoms with Crippen LogP contribution in [0.15, 0.2) is 16.9 Å². The zero-order chi connectivity index (χ0) is 22.9. The zero-order valence-corrected chi connectivity index (χ0v) is 18.2. The number of carbonyl (C=O) groups excluding carboxylic acids is 1. The highest BCUT2D eigenvalue weighted by Crippen LogP contribution is 2.41. The molecule has 0 unspecified atom stereocenters. The lowest BCUT2D eigenvalue weighted by Crippen LogP contribution is -2.44. The number of rotatable bonds is 3. The molecule has 0 saturated carbocycles. The second-order valence-corrected chi connectivity index (χ2v) is 8.43. The van der Waals surface area contributed by atoms with Crippen LogP contribution in [0.1, 0.15) is 53.6 Å². The lowest BCUT2D eigenvalue weighted by molar-refractivity contribution is -0.172. The van der Waals surface area contributed by atoms with Gasteiger partial charge < -0.3 is 20.1 Å². The number of ether oxygens (including phenoxy) is 1. The number of fused-ring (bicyclic) bond motifs is 5. The quantitative estimate of drug-likeness (QED) is 0.477. The lowest BCUT2D eigenvalue weighted by Gasteiger charge is -2.31. The van der Waals surface area contributed by atoms with Crippen LogP contribution in [-0.2, 0) is 41.2 Å². The van der Waals surface area contributed by atoms with Gasteiger partial charge in [-0.15, -0.1) is 0 Å². The van der Waals surface area contributed by atoms with Crippen LogP contribution in [0.3, 0.4) is 0 Å². The number of hydrogen-bond acceptors (Lipinski definition) is 6. The molecule has 0 aliphatic carbocycles. The van der Waals surface area contributed by atoms with Crippen LogP contribution < -0.4 is 11.3 Å². The summed E-state index contributed by atoms with van der Waals surface area (Å²) < 4.78 is 21.3. The fourth-order valence-electron chi connectivity index (χ4n) is 5.15. The van der Waals surface area contributed by atoms with Gasteiger partial charge in [0, 0.05) is 29.1 Å². The van der Waals surface area contributed by atoms with Gasteiger partial charge in [0.15, 0.2) is 5.60 Å². The predicted octanol–water partition coefficient (Wildman–Crippen LogP) is 2.55. The van der Waals surface area contributed by atoms with Gasteiger partial charge in [-0.05, 0) is 42.5 Å². The summed E-state index contributed by atoms with van der Waals surface area (Å²) in [5.41, 5.74) is 9.03. The van der Waals surface area contributed by atoms with Crippen molar-refractivity contribution in [2.75, 3.05) is 0 Å². The number of aromatic nitrogens is 2. The van der Waals surface area contributed by atoms with E-state index in [4.69, 9.17) is 15.5 Å². The summed E-state index contributed by atoms with van der Waals surface area (Å²) in [6, 6.07) is 3.05. The predicted molar refractivity (Wildman–Crippen MR) is 116 cm³/mol. The Hall–Kier alpha value is -3.10. The van der Waals surface area contributed by atoms with Crippen LogP contribution in [0.4, 0.5) is 4.39 Å². The van der Waals surface area contributed by atoms with Gasteiger partial charge in [-0.2, -0.15) is 0 Å². The molecule has 2 aromatic heterocycles. The third kappa shape index (κ3) is 2.50. The SMILES string of the molecule is CCc1c(C)c(F)cc2nc3c(c(CN)c12)Cn1c-3cc2c(c1=O)COC(=O)[C@]2(O)CC. The van der Waals surface area contributed by atoms with Crippen molar-refractivity contribution < 1.29 is 19.0 Å². The highest BCUT2D eigenvalue weighted by Gasteiger charge is 2.45. The average Bonchev–Trinajstić information content (AvgIpc) is 3.15. The standard InChI is InChI=1S/C24H24FN3O4/c1-4-12-11(3)17(25)7-18-20(12)13(8-26)14-9-28-19(21(14)27-18)6-16-15(22(28)29)10-32-23(30)24(16,31)5-2/h6-7,31H,4-5,8-10,26H2,1-3H3/t24-/m0/s1. The zero-order valence-electron chi connectivity index (χ0n) is 18.2. The number of hydrogen-bond donors (Lipinski definition) is 2. The number of cyclic esters (lactones) is 1. The molecule has 3 aromatic rings. The normalized spacial score (nSPS) is 19.0. The molecular formula is C24H24FN3O4. The Morgan fingerprint density at radius 2 is 2.00 bits per heavy atom. The van der Waals surface area contributed by atoms with Crippen molar-refractivity contribution in [1.29, 1.82) is 0 Å². The van der Waals surface area contributed by atoms with E-state index in [1.54, 1.807) is 24.5 Å². The van der Waals surface area contributed by atoms with E-state index < -0.39 is 11.6 Å². The third-order valence-corrected chi connectivity index (χ3v) is 6.98. The van der Waals surface area contributed by atoms with Crippen LogP contribution >= 0.6 is 0 Å². The first-order chi connectivity index (χ1) is 15.3.